The van der Waals surface area contributed by atoms with Gasteiger partial charge in [-0.05, 0) is 59.6 Å². The molecule has 0 radical (unpaired) electrons. The van der Waals surface area contributed by atoms with E-state index in [1.54, 1.807) is 12.1 Å². The van der Waals surface area contributed by atoms with E-state index in [1.165, 1.54) is 18.3 Å². The Kier molecular flexibility index (Phi) is 4.17. The lowest BCUT2D eigenvalue weighted by Gasteiger charge is -2.06. The number of carbonyl (C=O) groups excluding carboxylic acids is 2. The summed E-state index contributed by atoms with van der Waals surface area (Å²) in [6.45, 7) is 3.47. The molecule has 2 aromatic rings. The topological polar surface area (TPSA) is 46.2 Å². The van der Waals surface area contributed by atoms with Crippen LogP contribution in [0.25, 0.3) is 0 Å². The first kappa shape index (κ1) is 14.0. The molecule has 1 N–H and O–H groups in total. The van der Waals surface area contributed by atoms with E-state index in [1.807, 2.05) is 25.1 Å². The van der Waals surface area contributed by atoms with Crippen molar-refractivity contribution in [2.45, 2.75) is 13.8 Å². The van der Waals surface area contributed by atoms with Gasteiger partial charge in [-0.1, -0.05) is 6.07 Å². The fourth-order valence-corrected chi connectivity index (χ4v) is 2.94. The summed E-state index contributed by atoms with van der Waals surface area (Å²) in [5.74, 6) is -0.234. The Morgan fingerprint density at radius 1 is 1.16 bits per heavy atom. The van der Waals surface area contributed by atoms with E-state index >= 15 is 0 Å². The van der Waals surface area contributed by atoms with Gasteiger partial charge in [0.25, 0.3) is 5.91 Å². The molecule has 0 saturated carbocycles. The number of hydrogen-bond donors (Lipinski definition) is 1. The first-order valence-electron chi connectivity index (χ1n) is 5.65. The molecular formula is C14H12BrNO2S. The maximum atomic E-state index is 12.1. The third-order valence-electron chi connectivity index (χ3n) is 2.55. The maximum Gasteiger partial charge on any atom is 0.265 e. The zero-order valence-electron chi connectivity index (χ0n) is 10.5. The van der Waals surface area contributed by atoms with Crippen molar-refractivity contribution in [1.82, 2.24) is 0 Å². The number of hydrogen-bond acceptors (Lipinski definition) is 3. The molecule has 2 rings (SSSR count). The molecule has 0 aliphatic rings. The third-order valence-corrected chi connectivity index (χ3v) is 4.39. The van der Waals surface area contributed by atoms with Crippen molar-refractivity contribution in [1.29, 1.82) is 0 Å². The largest absolute Gasteiger partial charge is 0.320 e. The van der Waals surface area contributed by atoms with Gasteiger partial charge in [-0.15, -0.1) is 11.3 Å². The number of anilines is 1. The van der Waals surface area contributed by atoms with Gasteiger partial charge < -0.3 is 5.32 Å². The van der Waals surface area contributed by atoms with Crippen LogP contribution in [0.4, 0.5) is 5.69 Å². The number of carbonyl (C=O) groups is 2. The molecule has 1 heterocycles. The van der Waals surface area contributed by atoms with E-state index in [4.69, 9.17) is 0 Å². The highest BCUT2D eigenvalue weighted by atomic mass is 79.9. The number of nitrogens with one attached hydrogen (secondary N) is 1. The Balaban J connectivity index is 2.18. The van der Waals surface area contributed by atoms with Crippen LogP contribution < -0.4 is 5.32 Å². The SMILES string of the molecule is CC(=O)c1ccc(C(=O)Nc2ccc(C)cc2Br)s1. The molecule has 0 fully saturated rings. The average Bonchev–Trinajstić information content (AvgIpc) is 2.82. The molecule has 0 unspecified atom stereocenters. The summed E-state index contributed by atoms with van der Waals surface area (Å²) in [6, 6.07) is 9.04. The van der Waals surface area contributed by atoms with Gasteiger partial charge in [0.2, 0.25) is 0 Å². The zero-order chi connectivity index (χ0) is 14.0. The number of ketones is 1. The number of thiophene rings is 1. The van der Waals surface area contributed by atoms with E-state index in [0.29, 0.717) is 15.4 Å². The van der Waals surface area contributed by atoms with Crippen LogP contribution in [0.5, 0.6) is 0 Å². The fraction of sp³-hybridized carbons (Fsp3) is 0.143. The normalized spacial score (nSPS) is 10.3. The highest BCUT2D eigenvalue weighted by Crippen LogP contribution is 2.25. The van der Waals surface area contributed by atoms with Crippen LogP contribution in [0.15, 0.2) is 34.8 Å². The van der Waals surface area contributed by atoms with Crippen molar-refractivity contribution in [3.05, 3.63) is 50.1 Å². The van der Waals surface area contributed by atoms with Crippen LogP contribution >= 0.6 is 27.3 Å². The van der Waals surface area contributed by atoms with Gasteiger partial charge in [0.15, 0.2) is 5.78 Å². The molecule has 1 aromatic heterocycles. The summed E-state index contributed by atoms with van der Waals surface area (Å²) >= 11 is 4.61. The minimum Gasteiger partial charge on any atom is -0.320 e. The summed E-state index contributed by atoms with van der Waals surface area (Å²) in [4.78, 5) is 24.4. The lowest BCUT2D eigenvalue weighted by atomic mass is 10.2. The molecule has 0 saturated heterocycles. The van der Waals surface area contributed by atoms with Crippen LogP contribution in [0, 0.1) is 6.92 Å². The van der Waals surface area contributed by atoms with Crippen LogP contribution in [0.3, 0.4) is 0 Å². The molecule has 0 aliphatic carbocycles. The smallest absolute Gasteiger partial charge is 0.265 e. The number of benzene rings is 1. The Hall–Kier alpha value is -1.46. The Morgan fingerprint density at radius 3 is 2.42 bits per heavy atom. The van der Waals surface area contributed by atoms with Crippen molar-refractivity contribution in [2.75, 3.05) is 5.32 Å². The quantitative estimate of drug-likeness (QED) is 0.850. The first-order valence-corrected chi connectivity index (χ1v) is 7.26. The Bertz CT molecular complexity index is 649. The van der Waals surface area contributed by atoms with E-state index in [0.717, 1.165) is 10.0 Å². The van der Waals surface area contributed by atoms with E-state index in [-0.39, 0.29) is 11.7 Å². The second kappa shape index (κ2) is 5.67. The van der Waals surface area contributed by atoms with Gasteiger partial charge >= 0.3 is 0 Å². The van der Waals surface area contributed by atoms with Gasteiger partial charge in [0.1, 0.15) is 0 Å². The molecule has 0 bridgehead atoms. The lowest BCUT2D eigenvalue weighted by Crippen LogP contribution is -2.10. The molecule has 19 heavy (non-hydrogen) atoms. The van der Waals surface area contributed by atoms with Gasteiger partial charge in [-0.3, -0.25) is 9.59 Å². The highest BCUT2D eigenvalue weighted by molar-refractivity contribution is 9.10. The van der Waals surface area contributed by atoms with Gasteiger partial charge in [0.05, 0.1) is 15.4 Å². The molecule has 98 valence electrons. The van der Waals surface area contributed by atoms with Crippen LogP contribution in [0.2, 0.25) is 0 Å². The molecule has 3 nitrogen and oxygen atoms in total. The van der Waals surface area contributed by atoms with Gasteiger partial charge in [-0.25, -0.2) is 0 Å². The van der Waals surface area contributed by atoms with E-state index < -0.39 is 0 Å². The number of aryl methyl sites for hydroxylation is 1. The Morgan fingerprint density at radius 2 is 1.84 bits per heavy atom. The summed E-state index contributed by atoms with van der Waals surface area (Å²) < 4.78 is 0.837. The molecule has 1 aromatic carbocycles. The standard InChI is InChI=1S/C14H12BrNO2S/c1-8-3-4-11(10(15)7-8)16-14(18)13-6-5-12(19-13)9(2)17/h3-7H,1-2H3,(H,16,18). The lowest BCUT2D eigenvalue weighted by molar-refractivity contribution is 0.101. The molecule has 1 amide bonds. The number of rotatable bonds is 3. The summed E-state index contributed by atoms with van der Waals surface area (Å²) in [6.07, 6.45) is 0. The van der Waals surface area contributed by atoms with Crippen LogP contribution in [0.1, 0.15) is 31.8 Å². The second-order valence-electron chi connectivity index (χ2n) is 4.16. The highest BCUT2D eigenvalue weighted by Gasteiger charge is 2.12. The minimum atomic E-state index is -0.206. The molecular weight excluding hydrogens is 326 g/mol. The summed E-state index contributed by atoms with van der Waals surface area (Å²) in [5, 5.41) is 2.82. The predicted molar refractivity (Wildman–Crippen MR) is 81.2 cm³/mol. The first-order chi connectivity index (χ1) is 8.97. The number of amides is 1. The van der Waals surface area contributed by atoms with Crippen molar-refractivity contribution in [3.8, 4) is 0 Å². The van der Waals surface area contributed by atoms with Crippen LogP contribution in [-0.2, 0) is 0 Å². The summed E-state index contributed by atoms with van der Waals surface area (Å²) in [7, 11) is 0. The minimum absolute atomic E-state index is 0.0273. The monoisotopic (exact) mass is 337 g/mol. The molecule has 0 spiro atoms. The van der Waals surface area contributed by atoms with Crippen molar-refractivity contribution >= 4 is 44.6 Å². The van der Waals surface area contributed by atoms with Gasteiger partial charge in [0, 0.05) is 4.47 Å². The second-order valence-corrected chi connectivity index (χ2v) is 6.10. The van der Waals surface area contributed by atoms with E-state index in [2.05, 4.69) is 21.2 Å². The van der Waals surface area contributed by atoms with Crippen molar-refractivity contribution in [3.63, 3.8) is 0 Å². The summed E-state index contributed by atoms with van der Waals surface area (Å²) in [5.41, 5.74) is 1.83. The van der Waals surface area contributed by atoms with Crippen LogP contribution in [-0.4, -0.2) is 11.7 Å². The molecule has 0 atom stereocenters. The Labute approximate surface area is 123 Å². The van der Waals surface area contributed by atoms with Crippen molar-refractivity contribution in [2.24, 2.45) is 0 Å². The zero-order valence-corrected chi connectivity index (χ0v) is 12.9. The fourth-order valence-electron chi connectivity index (χ4n) is 1.55. The van der Waals surface area contributed by atoms with Gasteiger partial charge in [-0.2, -0.15) is 0 Å². The average molecular weight is 338 g/mol. The van der Waals surface area contributed by atoms with E-state index in [9.17, 15) is 9.59 Å². The number of halogens is 1. The molecule has 0 aliphatic heterocycles. The number of Topliss-reactive ketones (excluding diaryl/α,β-unsaturated/α-hetero) is 1. The van der Waals surface area contributed by atoms with Crippen molar-refractivity contribution < 1.29 is 9.59 Å². The molecule has 5 heteroatoms. The predicted octanol–water partition coefficient (Wildman–Crippen LogP) is 4.27. The maximum absolute atomic E-state index is 12.1. The third kappa shape index (κ3) is 3.30.